The molecule has 1 unspecified atom stereocenters. The molecule has 1 amide bonds. The van der Waals surface area contributed by atoms with Crippen LogP contribution >= 0.6 is 12.2 Å². The standard InChI is InChI=1S/C14H20N4OS/c1-8-6-7-10-11(15-8)18(13(20)16-10)9(2)12(19)17-14(3,4)5/h6-7,9H,1-5H3,(H,16,20)(H,17,19). The fraction of sp³-hybridized carbons (Fsp3) is 0.500. The number of imidazole rings is 1. The average Bonchev–Trinajstić information content (AvgIpc) is 2.61. The van der Waals surface area contributed by atoms with Crippen molar-refractivity contribution in [1.29, 1.82) is 0 Å². The van der Waals surface area contributed by atoms with E-state index in [2.05, 4.69) is 15.3 Å². The summed E-state index contributed by atoms with van der Waals surface area (Å²) in [6.45, 7) is 9.60. The number of fused-ring (bicyclic) bond motifs is 1. The highest BCUT2D eigenvalue weighted by atomic mass is 32.1. The van der Waals surface area contributed by atoms with E-state index in [0.717, 1.165) is 11.2 Å². The van der Waals surface area contributed by atoms with Crippen LogP contribution < -0.4 is 5.32 Å². The summed E-state index contributed by atoms with van der Waals surface area (Å²) in [4.78, 5) is 19.9. The maximum atomic E-state index is 12.3. The third-order valence-corrected chi connectivity index (χ3v) is 3.27. The van der Waals surface area contributed by atoms with Crippen LogP contribution in [0.3, 0.4) is 0 Å². The van der Waals surface area contributed by atoms with Gasteiger partial charge >= 0.3 is 0 Å². The zero-order chi connectivity index (χ0) is 15.1. The van der Waals surface area contributed by atoms with Crippen LogP contribution in [0, 0.1) is 11.7 Å². The van der Waals surface area contributed by atoms with Gasteiger partial charge in [-0.2, -0.15) is 0 Å². The number of hydrogen-bond acceptors (Lipinski definition) is 3. The summed E-state index contributed by atoms with van der Waals surface area (Å²) >= 11 is 5.32. The average molecular weight is 292 g/mol. The van der Waals surface area contributed by atoms with E-state index in [9.17, 15) is 4.79 Å². The van der Waals surface area contributed by atoms with Gasteiger partial charge in [-0.25, -0.2) is 4.98 Å². The monoisotopic (exact) mass is 292 g/mol. The van der Waals surface area contributed by atoms with Gasteiger partial charge in [-0.15, -0.1) is 0 Å². The van der Waals surface area contributed by atoms with Gasteiger partial charge in [-0.1, -0.05) is 0 Å². The molecule has 0 aromatic carbocycles. The molecule has 0 spiro atoms. The molecule has 0 radical (unpaired) electrons. The Kier molecular flexibility index (Phi) is 3.69. The third kappa shape index (κ3) is 2.90. The first-order chi connectivity index (χ1) is 9.19. The molecule has 2 rings (SSSR count). The maximum Gasteiger partial charge on any atom is 0.243 e. The van der Waals surface area contributed by atoms with Crippen LogP contribution in [0.4, 0.5) is 0 Å². The summed E-state index contributed by atoms with van der Waals surface area (Å²) in [6.07, 6.45) is 0. The van der Waals surface area contributed by atoms with Crippen LogP contribution in [-0.2, 0) is 4.79 Å². The second kappa shape index (κ2) is 5.01. The lowest BCUT2D eigenvalue weighted by atomic mass is 10.1. The molecule has 0 aliphatic carbocycles. The Morgan fingerprint density at radius 1 is 1.45 bits per heavy atom. The fourth-order valence-corrected chi connectivity index (χ4v) is 2.40. The SMILES string of the molecule is Cc1ccc2[nH]c(=S)n(C(C)C(=O)NC(C)(C)C)c2n1. The van der Waals surface area contributed by atoms with E-state index in [4.69, 9.17) is 12.2 Å². The van der Waals surface area contributed by atoms with Crippen molar-refractivity contribution in [3.05, 3.63) is 22.6 Å². The van der Waals surface area contributed by atoms with Gasteiger partial charge in [0.25, 0.3) is 0 Å². The van der Waals surface area contributed by atoms with Crippen LogP contribution in [0.5, 0.6) is 0 Å². The van der Waals surface area contributed by atoms with Crippen molar-refractivity contribution in [2.75, 3.05) is 0 Å². The molecular weight excluding hydrogens is 272 g/mol. The molecule has 1 atom stereocenters. The Bertz CT molecular complexity index is 708. The molecule has 0 saturated heterocycles. The lowest BCUT2D eigenvalue weighted by Crippen LogP contribution is -2.43. The van der Waals surface area contributed by atoms with Crippen LogP contribution in [-0.4, -0.2) is 26.0 Å². The summed E-state index contributed by atoms with van der Waals surface area (Å²) in [7, 11) is 0. The predicted octanol–water partition coefficient (Wildman–Crippen LogP) is 2.88. The molecule has 0 aliphatic heterocycles. The van der Waals surface area contributed by atoms with E-state index in [1.54, 1.807) is 4.57 Å². The molecule has 2 heterocycles. The first kappa shape index (κ1) is 14.7. The van der Waals surface area contributed by atoms with Crippen molar-refractivity contribution >= 4 is 29.3 Å². The summed E-state index contributed by atoms with van der Waals surface area (Å²) < 4.78 is 2.27. The summed E-state index contributed by atoms with van der Waals surface area (Å²) in [5, 5.41) is 2.97. The number of amides is 1. The molecular formula is C14H20N4OS. The van der Waals surface area contributed by atoms with E-state index in [-0.39, 0.29) is 11.4 Å². The van der Waals surface area contributed by atoms with Crippen molar-refractivity contribution in [3.8, 4) is 0 Å². The first-order valence-electron chi connectivity index (χ1n) is 6.59. The molecule has 0 fully saturated rings. The number of nitrogens with one attached hydrogen (secondary N) is 2. The van der Waals surface area contributed by atoms with Crippen molar-refractivity contribution in [3.63, 3.8) is 0 Å². The van der Waals surface area contributed by atoms with Crippen LogP contribution in [0.1, 0.15) is 39.4 Å². The highest BCUT2D eigenvalue weighted by molar-refractivity contribution is 7.71. The van der Waals surface area contributed by atoms with Crippen molar-refractivity contribution in [2.24, 2.45) is 0 Å². The Morgan fingerprint density at radius 3 is 2.70 bits per heavy atom. The minimum Gasteiger partial charge on any atom is -0.350 e. The lowest BCUT2D eigenvalue weighted by Gasteiger charge is -2.23. The van der Waals surface area contributed by atoms with Crippen molar-refractivity contribution < 1.29 is 4.79 Å². The number of H-pyrrole nitrogens is 1. The van der Waals surface area contributed by atoms with Gasteiger partial charge in [-0.3, -0.25) is 9.36 Å². The van der Waals surface area contributed by atoms with E-state index >= 15 is 0 Å². The molecule has 20 heavy (non-hydrogen) atoms. The lowest BCUT2D eigenvalue weighted by molar-refractivity contribution is -0.125. The smallest absolute Gasteiger partial charge is 0.243 e. The molecule has 6 heteroatoms. The Morgan fingerprint density at radius 2 is 2.10 bits per heavy atom. The summed E-state index contributed by atoms with van der Waals surface area (Å²) in [5.41, 5.74) is 2.18. The van der Waals surface area contributed by atoms with Crippen LogP contribution in [0.25, 0.3) is 11.2 Å². The van der Waals surface area contributed by atoms with Crippen molar-refractivity contribution in [1.82, 2.24) is 19.9 Å². The van der Waals surface area contributed by atoms with Gasteiger partial charge in [0.1, 0.15) is 6.04 Å². The minimum absolute atomic E-state index is 0.0715. The number of rotatable bonds is 2. The zero-order valence-electron chi connectivity index (χ0n) is 12.4. The van der Waals surface area contributed by atoms with E-state index in [1.165, 1.54) is 0 Å². The van der Waals surface area contributed by atoms with Crippen molar-refractivity contribution in [2.45, 2.75) is 46.2 Å². The largest absolute Gasteiger partial charge is 0.350 e. The second-order valence-electron chi connectivity index (χ2n) is 6.04. The van der Waals surface area contributed by atoms with Gasteiger partial charge in [0.15, 0.2) is 10.4 Å². The Hall–Kier alpha value is -1.69. The molecule has 5 nitrogen and oxygen atoms in total. The molecule has 0 aliphatic rings. The highest BCUT2D eigenvalue weighted by Crippen LogP contribution is 2.18. The fourth-order valence-electron chi connectivity index (χ4n) is 2.05. The number of carbonyl (C=O) groups is 1. The Labute approximate surface area is 123 Å². The molecule has 2 N–H and O–H groups in total. The topological polar surface area (TPSA) is 62.7 Å². The molecule has 2 aromatic heterocycles. The van der Waals surface area contributed by atoms with E-state index in [1.807, 2.05) is 46.8 Å². The number of aryl methyl sites for hydroxylation is 1. The number of hydrogen-bond donors (Lipinski definition) is 2. The number of carbonyl (C=O) groups excluding carboxylic acids is 1. The molecule has 0 bridgehead atoms. The zero-order valence-corrected chi connectivity index (χ0v) is 13.3. The third-order valence-electron chi connectivity index (χ3n) is 2.97. The van der Waals surface area contributed by atoms with E-state index in [0.29, 0.717) is 10.4 Å². The maximum absolute atomic E-state index is 12.3. The number of pyridine rings is 1. The quantitative estimate of drug-likeness (QED) is 0.837. The Balaban J connectivity index is 2.47. The second-order valence-corrected chi connectivity index (χ2v) is 6.43. The highest BCUT2D eigenvalue weighted by Gasteiger charge is 2.23. The van der Waals surface area contributed by atoms with Crippen LogP contribution in [0.15, 0.2) is 12.1 Å². The number of aromatic amines is 1. The normalized spacial score (nSPS) is 13.4. The van der Waals surface area contributed by atoms with Gasteiger partial charge in [0.05, 0.1) is 5.52 Å². The number of nitrogens with zero attached hydrogens (tertiary/aromatic N) is 2. The van der Waals surface area contributed by atoms with Crippen LogP contribution in [0.2, 0.25) is 0 Å². The molecule has 2 aromatic rings. The van der Waals surface area contributed by atoms with E-state index < -0.39 is 6.04 Å². The summed E-state index contributed by atoms with van der Waals surface area (Å²) in [6, 6.07) is 3.43. The molecule has 108 valence electrons. The van der Waals surface area contributed by atoms with Gasteiger partial charge in [-0.05, 0) is 59.0 Å². The van der Waals surface area contributed by atoms with Gasteiger partial charge in [0.2, 0.25) is 5.91 Å². The number of aromatic nitrogens is 3. The first-order valence-corrected chi connectivity index (χ1v) is 7.00. The van der Waals surface area contributed by atoms with Gasteiger partial charge < -0.3 is 10.3 Å². The molecule has 0 saturated carbocycles. The minimum atomic E-state index is -0.412. The summed E-state index contributed by atoms with van der Waals surface area (Å²) in [5.74, 6) is -0.0715. The predicted molar refractivity (Wildman–Crippen MR) is 82.3 cm³/mol. The van der Waals surface area contributed by atoms with Gasteiger partial charge in [0, 0.05) is 11.2 Å².